The number of rotatable bonds is 7. The molecule has 2 aromatic carbocycles. The van der Waals surface area contributed by atoms with Gasteiger partial charge in [0.1, 0.15) is 23.1 Å². The maximum Gasteiger partial charge on any atom is 0.255 e. The summed E-state index contributed by atoms with van der Waals surface area (Å²) in [5.74, 6) is -0.918. The Hall–Kier alpha value is -2.49. The molecule has 7 nitrogen and oxygen atoms in total. The lowest BCUT2D eigenvalue weighted by molar-refractivity contribution is 0.0681. The number of hydrogen-bond acceptors (Lipinski definition) is 5. The van der Waals surface area contributed by atoms with Gasteiger partial charge in [0, 0.05) is 25.3 Å². The highest BCUT2D eigenvalue weighted by atomic mass is 32.2. The van der Waals surface area contributed by atoms with E-state index in [2.05, 4.69) is 5.32 Å². The molecule has 2 aliphatic rings. The van der Waals surface area contributed by atoms with E-state index in [1.54, 1.807) is 6.07 Å². The highest BCUT2D eigenvalue weighted by Crippen LogP contribution is 2.29. The van der Waals surface area contributed by atoms with Crippen LogP contribution in [-0.2, 0) is 14.8 Å². The summed E-state index contributed by atoms with van der Waals surface area (Å²) in [6.07, 6.45) is 3.43. The number of amides is 1. The van der Waals surface area contributed by atoms with Gasteiger partial charge in [-0.1, -0.05) is 6.07 Å². The van der Waals surface area contributed by atoms with E-state index in [1.807, 2.05) is 19.1 Å². The molecule has 2 fully saturated rings. The summed E-state index contributed by atoms with van der Waals surface area (Å²) in [7, 11) is -3.99. The summed E-state index contributed by atoms with van der Waals surface area (Å²) < 4.78 is 52.8. The second-order valence-electron chi connectivity index (χ2n) is 8.16. The van der Waals surface area contributed by atoms with Crippen molar-refractivity contribution in [3.63, 3.8) is 0 Å². The fraction of sp³-hybridized carbons (Fsp3) is 0.435. The lowest BCUT2D eigenvalue weighted by atomic mass is 10.1. The number of carbonyl (C=O) groups excluding carboxylic acids is 1. The fourth-order valence-corrected chi connectivity index (χ4v) is 5.52. The number of halogens is 1. The molecule has 1 N–H and O–H groups in total. The number of nitrogens with one attached hydrogen (secondary N) is 1. The van der Waals surface area contributed by atoms with Crippen molar-refractivity contribution in [3.05, 3.63) is 53.3 Å². The quantitative estimate of drug-likeness (QED) is 0.678. The van der Waals surface area contributed by atoms with Gasteiger partial charge in [0.25, 0.3) is 5.91 Å². The minimum Gasteiger partial charge on any atom is -0.489 e. The van der Waals surface area contributed by atoms with E-state index < -0.39 is 26.6 Å². The second kappa shape index (κ2) is 9.56. The molecule has 1 unspecified atom stereocenters. The van der Waals surface area contributed by atoms with Gasteiger partial charge in [0.2, 0.25) is 10.0 Å². The largest absolute Gasteiger partial charge is 0.489 e. The molecule has 0 bridgehead atoms. The summed E-state index contributed by atoms with van der Waals surface area (Å²) >= 11 is 0. The first-order chi connectivity index (χ1) is 15.3. The Balaban J connectivity index is 1.54. The molecule has 0 spiro atoms. The maximum absolute atomic E-state index is 14.4. The Kier molecular flexibility index (Phi) is 6.78. The maximum atomic E-state index is 14.4. The van der Waals surface area contributed by atoms with E-state index in [4.69, 9.17) is 9.47 Å². The van der Waals surface area contributed by atoms with E-state index in [9.17, 15) is 17.6 Å². The van der Waals surface area contributed by atoms with Crippen LogP contribution in [-0.4, -0.2) is 51.0 Å². The molecule has 1 atom stereocenters. The van der Waals surface area contributed by atoms with Gasteiger partial charge in [-0.05, 0) is 68.5 Å². The van der Waals surface area contributed by atoms with Crippen LogP contribution in [0.15, 0.2) is 41.3 Å². The molecule has 2 aromatic rings. The van der Waals surface area contributed by atoms with E-state index in [1.165, 1.54) is 10.4 Å². The highest BCUT2D eigenvalue weighted by Gasteiger charge is 2.30. The van der Waals surface area contributed by atoms with Crippen molar-refractivity contribution in [1.82, 2.24) is 4.31 Å². The number of sulfonamides is 1. The Bertz CT molecular complexity index is 1090. The molecule has 2 heterocycles. The monoisotopic (exact) mass is 462 g/mol. The Morgan fingerprint density at radius 1 is 1.19 bits per heavy atom. The van der Waals surface area contributed by atoms with Crippen molar-refractivity contribution >= 4 is 21.6 Å². The van der Waals surface area contributed by atoms with Crippen molar-refractivity contribution in [2.24, 2.45) is 0 Å². The standard InChI is InChI=1S/C23H27FN2O5S/c1-16-6-9-20(21(13-16)31-15-18-5-4-12-30-18)25-23(27)17-7-8-19(24)22(14-17)32(28,29)26-10-2-3-11-26/h6-9,13-14,18H,2-5,10-12,15H2,1H3,(H,25,27). The van der Waals surface area contributed by atoms with Crippen LogP contribution in [0.4, 0.5) is 10.1 Å². The Morgan fingerprint density at radius 2 is 1.97 bits per heavy atom. The molecule has 0 aromatic heterocycles. The summed E-state index contributed by atoms with van der Waals surface area (Å²) in [6, 6.07) is 8.76. The van der Waals surface area contributed by atoms with E-state index >= 15 is 0 Å². The zero-order valence-corrected chi connectivity index (χ0v) is 18.8. The van der Waals surface area contributed by atoms with Crippen LogP contribution >= 0.6 is 0 Å². The molecule has 2 saturated heterocycles. The zero-order valence-electron chi connectivity index (χ0n) is 18.0. The molecule has 0 radical (unpaired) electrons. The average molecular weight is 463 g/mol. The SMILES string of the molecule is Cc1ccc(NC(=O)c2ccc(F)c(S(=O)(=O)N3CCCC3)c2)c(OCC2CCCO2)c1. The van der Waals surface area contributed by atoms with Crippen molar-refractivity contribution in [3.8, 4) is 5.75 Å². The lowest BCUT2D eigenvalue weighted by Gasteiger charge is -2.17. The third kappa shape index (κ3) is 4.95. The van der Waals surface area contributed by atoms with Crippen LogP contribution in [0, 0.1) is 12.7 Å². The van der Waals surface area contributed by atoms with Crippen LogP contribution in [0.2, 0.25) is 0 Å². The summed E-state index contributed by atoms with van der Waals surface area (Å²) in [4.78, 5) is 12.4. The van der Waals surface area contributed by atoms with E-state index in [0.29, 0.717) is 31.1 Å². The van der Waals surface area contributed by atoms with Crippen LogP contribution in [0.1, 0.15) is 41.6 Å². The summed E-state index contributed by atoms with van der Waals surface area (Å²) in [5.41, 5.74) is 1.47. The van der Waals surface area contributed by atoms with Gasteiger partial charge in [-0.3, -0.25) is 4.79 Å². The summed E-state index contributed by atoms with van der Waals surface area (Å²) in [5, 5.41) is 2.76. The first-order valence-corrected chi connectivity index (χ1v) is 12.2. The van der Waals surface area contributed by atoms with Gasteiger partial charge in [0.15, 0.2) is 0 Å². The van der Waals surface area contributed by atoms with Crippen molar-refractivity contribution in [2.45, 2.75) is 43.6 Å². The fourth-order valence-electron chi connectivity index (χ4n) is 3.92. The number of anilines is 1. The van der Waals surface area contributed by atoms with Gasteiger partial charge < -0.3 is 14.8 Å². The molecule has 2 aliphatic heterocycles. The molecular weight excluding hydrogens is 435 g/mol. The van der Waals surface area contributed by atoms with Crippen molar-refractivity contribution in [1.29, 1.82) is 0 Å². The highest BCUT2D eigenvalue weighted by molar-refractivity contribution is 7.89. The van der Waals surface area contributed by atoms with Crippen LogP contribution in [0.3, 0.4) is 0 Å². The normalized spacial score (nSPS) is 19.2. The number of hydrogen-bond donors (Lipinski definition) is 1. The second-order valence-corrected chi connectivity index (χ2v) is 10.1. The van der Waals surface area contributed by atoms with Gasteiger partial charge in [-0.15, -0.1) is 0 Å². The molecule has 172 valence electrons. The van der Waals surface area contributed by atoms with Gasteiger partial charge in [-0.2, -0.15) is 4.31 Å². The van der Waals surface area contributed by atoms with Crippen molar-refractivity contribution in [2.75, 3.05) is 31.6 Å². The zero-order chi connectivity index (χ0) is 22.7. The molecule has 0 saturated carbocycles. The molecule has 9 heteroatoms. The van der Waals surface area contributed by atoms with Gasteiger partial charge in [0.05, 0.1) is 11.8 Å². The molecule has 1 amide bonds. The molecule has 0 aliphatic carbocycles. The first kappa shape index (κ1) is 22.7. The third-order valence-corrected chi connectivity index (χ3v) is 7.62. The van der Waals surface area contributed by atoms with E-state index in [0.717, 1.165) is 50.0 Å². The topological polar surface area (TPSA) is 84.9 Å². The Morgan fingerprint density at radius 3 is 2.69 bits per heavy atom. The minimum atomic E-state index is -3.99. The van der Waals surface area contributed by atoms with Gasteiger partial charge >= 0.3 is 0 Å². The number of benzene rings is 2. The van der Waals surface area contributed by atoms with Crippen LogP contribution in [0.25, 0.3) is 0 Å². The first-order valence-electron chi connectivity index (χ1n) is 10.8. The summed E-state index contributed by atoms with van der Waals surface area (Å²) in [6.45, 7) is 3.72. The van der Waals surface area contributed by atoms with Crippen molar-refractivity contribution < 1.29 is 27.1 Å². The molecule has 4 rings (SSSR count). The predicted molar refractivity (Wildman–Crippen MR) is 118 cm³/mol. The molecule has 32 heavy (non-hydrogen) atoms. The third-order valence-electron chi connectivity index (χ3n) is 5.71. The minimum absolute atomic E-state index is 0.0227. The number of ether oxygens (including phenoxy) is 2. The average Bonchev–Trinajstić information content (AvgIpc) is 3.48. The number of aryl methyl sites for hydroxylation is 1. The molecular formula is C23H27FN2O5S. The number of nitrogens with zero attached hydrogens (tertiary/aromatic N) is 1. The lowest BCUT2D eigenvalue weighted by Crippen LogP contribution is -2.29. The smallest absolute Gasteiger partial charge is 0.255 e. The Labute approximate surface area is 187 Å². The number of carbonyl (C=O) groups is 1. The van der Waals surface area contributed by atoms with Gasteiger partial charge in [-0.25, -0.2) is 12.8 Å². The predicted octanol–water partition coefficient (Wildman–Crippen LogP) is 3.73. The van der Waals surface area contributed by atoms with Crippen LogP contribution < -0.4 is 10.1 Å². The van der Waals surface area contributed by atoms with Crippen LogP contribution in [0.5, 0.6) is 5.75 Å². The van der Waals surface area contributed by atoms with E-state index in [-0.39, 0.29) is 11.7 Å².